The van der Waals surface area contributed by atoms with E-state index in [9.17, 15) is 0 Å². The SMILES string of the molecule is c1ccc2c(c1)c1c3ccccc3c(c3ccccc31)c1c3ccccc3c2c2ccccc21. The van der Waals surface area contributed by atoms with Gasteiger partial charge in [-0.2, -0.15) is 0 Å². The Morgan fingerprint density at radius 3 is 0.500 bits per heavy atom. The van der Waals surface area contributed by atoms with Crippen LogP contribution in [0.15, 0.2) is 121 Å². The molecule has 0 radical (unpaired) electrons. The van der Waals surface area contributed by atoms with Crippen LogP contribution in [-0.4, -0.2) is 0 Å². The Morgan fingerprint density at radius 2 is 0.324 bits per heavy atom. The van der Waals surface area contributed by atoms with Crippen LogP contribution in [0.1, 0.15) is 0 Å². The molecule has 0 heteroatoms. The van der Waals surface area contributed by atoms with Crippen LogP contribution in [0.4, 0.5) is 0 Å². The van der Waals surface area contributed by atoms with Crippen molar-refractivity contribution in [1.82, 2.24) is 0 Å². The first-order chi connectivity index (χ1) is 16.9. The minimum atomic E-state index is 1.30. The van der Waals surface area contributed by atoms with Gasteiger partial charge in [0.05, 0.1) is 0 Å². The fourth-order valence-electron chi connectivity index (χ4n) is 6.29. The lowest BCUT2D eigenvalue weighted by atomic mass is 9.85. The summed E-state index contributed by atoms with van der Waals surface area (Å²) in [5.74, 6) is 0. The van der Waals surface area contributed by atoms with Crippen LogP contribution in [0.5, 0.6) is 0 Å². The van der Waals surface area contributed by atoms with E-state index in [0.717, 1.165) is 0 Å². The highest BCUT2D eigenvalue weighted by Gasteiger charge is 2.17. The van der Waals surface area contributed by atoms with Gasteiger partial charge in [0, 0.05) is 0 Å². The van der Waals surface area contributed by atoms with Crippen molar-refractivity contribution in [3.63, 3.8) is 0 Å². The Morgan fingerprint density at radius 1 is 0.176 bits per heavy atom. The molecule has 0 aliphatic carbocycles. The van der Waals surface area contributed by atoms with Gasteiger partial charge in [-0.25, -0.2) is 0 Å². The number of benzene rings is 7. The molecule has 0 amide bonds. The molecular formula is C34H20. The van der Waals surface area contributed by atoms with Crippen molar-refractivity contribution in [2.75, 3.05) is 0 Å². The van der Waals surface area contributed by atoms with Gasteiger partial charge in [0.1, 0.15) is 0 Å². The summed E-state index contributed by atoms with van der Waals surface area (Å²) >= 11 is 0. The zero-order chi connectivity index (χ0) is 22.2. The molecule has 0 heterocycles. The molecule has 0 nitrogen and oxygen atoms in total. The average molecular weight is 429 g/mol. The Hall–Kier alpha value is -4.42. The van der Waals surface area contributed by atoms with E-state index in [2.05, 4.69) is 121 Å². The van der Waals surface area contributed by atoms with Gasteiger partial charge in [0.25, 0.3) is 0 Å². The van der Waals surface area contributed by atoms with E-state index in [1.807, 2.05) is 0 Å². The van der Waals surface area contributed by atoms with Crippen molar-refractivity contribution >= 4 is 75.4 Å². The molecule has 11 aromatic rings. The fourth-order valence-corrected chi connectivity index (χ4v) is 6.29. The third-order valence-corrected chi connectivity index (χ3v) is 7.58. The molecule has 4 bridgehead atoms. The van der Waals surface area contributed by atoms with Crippen molar-refractivity contribution in [2.24, 2.45) is 0 Å². The molecule has 0 aromatic heterocycles. The van der Waals surface area contributed by atoms with E-state index < -0.39 is 0 Å². The lowest BCUT2D eigenvalue weighted by Crippen LogP contribution is -1.89. The zero-order valence-electron chi connectivity index (χ0n) is 18.5. The lowest BCUT2D eigenvalue weighted by molar-refractivity contribution is 1.78. The topological polar surface area (TPSA) is 0 Å². The fraction of sp³-hybridized carbons (Fsp3) is 0. The van der Waals surface area contributed by atoms with Gasteiger partial charge < -0.3 is 0 Å². The van der Waals surface area contributed by atoms with Crippen LogP contribution in [0.25, 0.3) is 75.4 Å². The highest BCUT2D eigenvalue weighted by Crippen LogP contribution is 2.46. The summed E-state index contributed by atoms with van der Waals surface area (Å²) in [6.07, 6.45) is 0. The molecule has 0 aliphatic rings. The van der Waals surface area contributed by atoms with Crippen molar-refractivity contribution in [1.29, 1.82) is 0 Å². The zero-order valence-corrected chi connectivity index (χ0v) is 18.5. The van der Waals surface area contributed by atoms with E-state index in [-0.39, 0.29) is 0 Å². The average Bonchev–Trinajstić information content (AvgIpc) is 2.91. The maximum Gasteiger partial charge on any atom is -0.00139 e. The maximum absolute atomic E-state index is 2.31. The highest BCUT2D eigenvalue weighted by molar-refractivity contribution is 6.43. The van der Waals surface area contributed by atoms with Gasteiger partial charge in [-0.3, -0.25) is 0 Å². The van der Waals surface area contributed by atoms with Crippen molar-refractivity contribution in [3.8, 4) is 0 Å². The van der Waals surface area contributed by atoms with Crippen molar-refractivity contribution < 1.29 is 0 Å². The number of hydrogen-bond acceptors (Lipinski definition) is 0. The first-order valence-electron chi connectivity index (χ1n) is 11.9. The summed E-state index contributed by atoms with van der Waals surface area (Å²) in [5.41, 5.74) is 0. The highest BCUT2D eigenvalue weighted by atomic mass is 14.2. The molecule has 0 unspecified atom stereocenters. The van der Waals surface area contributed by atoms with Gasteiger partial charge in [-0.1, -0.05) is 121 Å². The molecule has 0 saturated heterocycles. The molecule has 0 N–H and O–H groups in total. The second-order valence-corrected chi connectivity index (χ2v) is 9.23. The van der Waals surface area contributed by atoms with Gasteiger partial charge in [-0.05, 0) is 75.4 Å². The number of rotatable bonds is 0. The van der Waals surface area contributed by atoms with Gasteiger partial charge in [0.2, 0.25) is 0 Å². The van der Waals surface area contributed by atoms with E-state index in [1.165, 1.54) is 75.4 Å². The van der Waals surface area contributed by atoms with Crippen LogP contribution in [-0.2, 0) is 0 Å². The van der Waals surface area contributed by atoms with Crippen LogP contribution in [0.3, 0.4) is 0 Å². The van der Waals surface area contributed by atoms with E-state index >= 15 is 0 Å². The van der Waals surface area contributed by atoms with Crippen molar-refractivity contribution in [3.05, 3.63) is 121 Å². The molecule has 0 spiro atoms. The summed E-state index contributed by atoms with van der Waals surface area (Å²) in [4.78, 5) is 0. The smallest absolute Gasteiger partial charge is 0.00139 e. The largest absolute Gasteiger partial charge is 0.0616 e. The van der Waals surface area contributed by atoms with Crippen LogP contribution < -0.4 is 0 Å². The second kappa shape index (κ2) is 6.56. The minimum Gasteiger partial charge on any atom is -0.0616 e. The molecule has 11 aromatic carbocycles. The molecule has 0 atom stereocenters. The molecule has 11 rings (SSSR count). The van der Waals surface area contributed by atoms with Crippen LogP contribution >= 0.6 is 0 Å². The summed E-state index contributed by atoms with van der Waals surface area (Å²) in [5, 5.41) is 18.5. The Balaban J connectivity index is 2.02. The van der Waals surface area contributed by atoms with Gasteiger partial charge in [0.15, 0.2) is 0 Å². The summed E-state index contributed by atoms with van der Waals surface area (Å²) in [6, 6.07) is 44.8. The molecule has 0 fully saturated rings. The summed E-state index contributed by atoms with van der Waals surface area (Å²) in [6.45, 7) is 0. The minimum absolute atomic E-state index is 1.30. The Labute approximate surface area is 196 Å². The Kier molecular flexibility index (Phi) is 3.48. The second-order valence-electron chi connectivity index (χ2n) is 9.23. The summed E-state index contributed by atoms with van der Waals surface area (Å²) < 4.78 is 0. The predicted molar refractivity (Wildman–Crippen MR) is 149 cm³/mol. The molecule has 0 saturated carbocycles. The molecule has 0 aliphatic heterocycles. The van der Waals surface area contributed by atoms with Crippen LogP contribution in [0, 0.1) is 0 Å². The monoisotopic (exact) mass is 428 g/mol. The standard InChI is InChI=1S/C34H20/c1-2-12-22-21(11-1)31-23-13-3-7-17-27(23)33(28-18-8-4-14-24(28)31)34-29-19-9-5-15-25(29)32(22)26-16-6-10-20-30(26)34/h1-20H. The first-order valence-corrected chi connectivity index (χ1v) is 11.9. The number of hydrogen-bond donors (Lipinski definition) is 0. The van der Waals surface area contributed by atoms with Gasteiger partial charge in [-0.15, -0.1) is 0 Å². The van der Waals surface area contributed by atoms with Gasteiger partial charge >= 0.3 is 0 Å². The normalized spacial score (nSPS) is 12.1. The predicted octanol–water partition coefficient (Wildman–Crippen LogP) is 9.76. The third kappa shape index (κ3) is 2.18. The molecule has 156 valence electrons. The van der Waals surface area contributed by atoms with Crippen LogP contribution in [0.2, 0.25) is 0 Å². The van der Waals surface area contributed by atoms with Crippen molar-refractivity contribution in [2.45, 2.75) is 0 Å². The van der Waals surface area contributed by atoms with E-state index in [1.54, 1.807) is 0 Å². The maximum atomic E-state index is 2.31. The first kappa shape index (κ1) is 18.1. The lowest BCUT2D eigenvalue weighted by Gasteiger charge is -2.18. The Bertz CT molecular complexity index is 1840. The third-order valence-electron chi connectivity index (χ3n) is 7.58. The quantitative estimate of drug-likeness (QED) is 0.211. The van der Waals surface area contributed by atoms with E-state index in [4.69, 9.17) is 0 Å². The molecular weight excluding hydrogens is 408 g/mol. The molecule has 34 heavy (non-hydrogen) atoms. The summed E-state index contributed by atoms with van der Waals surface area (Å²) in [7, 11) is 0. The van der Waals surface area contributed by atoms with E-state index in [0.29, 0.717) is 0 Å².